The molecule has 0 fully saturated rings. The number of Topliss-reactive ketones (excluding diaryl/α,β-unsaturated/α-hetero) is 1. The SMILES string of the molecule is CCCc1cccc(C(=O)C(C)(N)c2ccccc2)c1. The van der Waals surface area contributed by atoms with E-state index in [9.17, 15) is 4.79 Å². The van der Waals surface area contributed by atoms with Crippen LogP contribution in [-0.4, -0.2) is 5.78 Å². The minimum Gasteiger partial charge on any atom is -0.315 e. The van der Waals surface area contributed by atoms with Gasteiger partial charge in [-0.3, -0.25) is 4.79 Å². The van der Waals surface area contributed by atoms with Crippen molar-refractivity contribution in [2.75, 3.05) is 0 Å². The quantitative estimate of drug-likeness (QED) is 0.839. The average Bonchev–Trinajstić information content (AvgIpc) is 2.48. The third-order valence-electron chi connectivity index (χ3n) is 3.57. The van der Waals surface area contributed by atoms with Gasteiger partial charge in [-0.2, -0.15) is 0 Å². The van der Waals surface area contributed by atoms with Crippen molar-refractivity contribution in [3.8, 4) is 0 Å². The smallest absolute Gasteiger partial charge is 0.186 e. The van der Waals surface area contributed by atoms with Crippen LogP contribution in [0.15, 0.2) is 54.6 Å². The minimum absolute atomic E-state index is 0.0401. The Morgan fingerprint density at radius 2 is 1.80 bits per heavy atom. The van der Waals surface area contributed by atoms with Gasteiger partial charge < -0.3 is 5.73 Å². The molecule has 2 rings (SSSR count). The van der Waals surface area contributed by atoms with Crippen LogP contribution in [0.1, 0.15) is 41.8 Å². The molecule has 0 aromatic heterocycles. The fourth-order valence-corrected chi connectivity index (χ4v) is 2.37. The van der Waals surface area contributed by atoms with Crippen molar-refractivity contribution in [2.45, 2.75) is 32.2 Å². The van der Waals surface area contributed by atoms with Crippen molar-refractivity contribution >= 4 is 5.78 Å². The van der Waals surface area contributed by atoms with Gasteiger partial charge in [-0.25, -0.2) is 0 Å². The van der Waals surface area contributed by atoms with Crippen LogP contribution in [0.4, 0.5) is 0 Å². The molecular weight excluding hydrogens is 246 g/mol. The Hall–Kier alpha value is -1.93. The second-order valence-corrected chi connectivity index (χ2v) is 5.35. The zero-order chi connectivity index (χ0) is 14.6. The first-order valence-corrected chi connectivity index (χ1v) is 7.04. The van der Waals surface area contributed by atoms with E-state index < -0.39 is 5.54 Å². The lowest BCUT2D eigenvalue weighted by atomic mass is 9.85. The van der Waals surface area contributed by atoms with Gasteiger partial charge in [0, 0.05) is 5.56 Å². The zero-order valence-electron chi connectivity index (χ0n) is 12.1. The van der Waals surface area contributed by atoms with E-state index in [0.717, 1.165) is 18.4 Å². The molecule has 0 bridgehead atoms. The fraction of sp³-hybridized carbons (Fsp3) is 0.278. The molecule has 20 heavy (non-hydrogen) atoms. The van der Waals surface area contributed by atoms with E-state index in [-0.39, 0.29) is 5.78 Å². The highest BCUT2D eigenvalue weighted by molar-refractivity contribution is 6.03. The molecule has 0 amide bonds. The molecule has 0 saturated carbocycles. The Morgan fingerprint density at radius 3 is 2.45 bits per heavy atom. The van der Waals surface area contributed by atoms with Crippen molar-refractivity contribution in [3.05, 3.63) is 71.3 Å². The summed E-state index contributed by atoms with van der Waals surface area (Å²) in [4.78, 5) is 12.7. The fourth-order valence-electron chi connectivity index (χ4n) is 2.37. The second kappa shape index (κ2) is 6.02. The number of carbonyl (C=O) groups is 1. The first-order valence-electron chi connectivity index (χ1n) is 7.04. The maximum Gasteiger partial charge on any atom is 0.186 e. The standard InChI is InChI=1S/C18H21NO/c1-3-8-14-9-7-10-15(13-14)17(20)18(2,19)16-11-5-4-6-12-16/h4-7,9-13H,3,8,19H2,1-2H3. The second-order valence-electron chi connectivity index (χ2n) is 5.35. The topological polar surface area (TPSA) is 43.1 Å². The molecule has 2 heteroatoms. The van der Waals surface area contributed by atoms with Crippen LogP contribution in [0.25, 0.3) is 0 Å². The Labute approximate surface area is 120 Å². The molecule has 0 aliphatic heterocycles. The van der Waals surface area contributed by atoms with Crippen molar-refractivity contribution < 1.29 is 4.79 Å². The monoisotopic (exact) mass is 267 g/mol. The lowest BCUT2D eigenvalue weighted by molar-refractivity contribution is 0.0900. The van der Waals surface area contributed by atoms with Crippen molar-refractivity contribution in [2.24, 2.45) is 5.73 Å². The van der Waals surface area contributed by atoms with E-state index in [1.54, 1.807) is 6.92 Å². The Balaban J connectivity index is 2.33. The van der Waals surface area contributed by atoms with Crippen molar-refractivity contribution in [1.29, 1.82) is 0 Å². The maximum absolute atomic E-state index is 12.7. The third-order valence-corrected chi connectivity index (χ3v) is 3.57. The number of ketones is 1. The molecule has 2 aromatic carbocycles. The molecule has 0 aliphatic rings. The summed E-state index contributed by atoms with van der Waals surface area (Å²) >= 11 is 0. The molecule has 1 atom stereocenters. The predicted molar refractivity (Wildman–Crippen MR) is 82.7 cm³/mol. The van der Waals surface area contributed by atoms with Gasteiger partial charge >= 0.3 is 0 Å². The van der Waals surface area contributed by atoms with Crippen LogP contribution in [0.5, 0.6) is 0 Å². The van der Waals surface area contributed by atoms with Gasteiger partial charge in [0.05, 0.1) is 0 Å². The molecule has 0 aliphatic carbocycles. The van der Waals surface area contributed by atoms with Gasteiger partial charge in [-0.05, 0) is 30.5 Å². The summed E-state index contributed by atoms with van der Waals surface area (Å²) in [5.74, 6) is -0.0401. The molecule has 0 spiro atoms. The lowest BCUT2D eigenvalue weighted by Gasteiger charge is -2.24. The highest BCUT2D eigenvalue weighted by Gasteiger charge is 2.31. The molecule has 2 N–H and O–H groups in total. The summed E-state index contributed by atoms with van der Waals surface area (Å²) in [7, 11) is 0. The van der Waals surface area contributed by atoms with Crippen molar-refractivity contribution in [1.82, 2.24) is 0 Å². The number of benzene rings is 2. The van der Waals surface area contributed by atoms with Gasteiger partial charge in [0.2, 0.25) is 0 Å². The summed E-state index contributed by atoms with van der Waals surface area (Å²) in [5, 5.41) is 0. The van der Waals surface area contributed by atoms with E-state index in [1.807, 2.05) is 48.5 Å². The summed E-state index contributed by atoms with van der Waals surface area (Å²) in [6, 6.07) is 17.3. The van der Waals surface area contributed by atoms with Crippen LogP contribution in [0.2, 0.25) is 0 Å². The van der Waals surface area contributed by atoms with Gasteiger partial charge in [-0.1, -0.05) is 61.9 Å². The Bertz CT molecular complexity index is 587. The van der Waals surface area contributed by atoms with Gasteiger partial charge in [0.15, 0.2) is 5.78 Å². The average molecular weight is 267 g/mol. The number of hydrogen-bond acceptors (Lipinski definition) is 2. The molecule has 0 saturated heterocycles. The normalized spacial score (nSPS) is 13.8. The number of rotatable bonds is 5. The summed E-state index contributed by atoms with van der Waals surface area (Å²) in [5.41, 5.74) is 8.00. The van der Waals surface area contributed by atoms with E-state index in [1.165, 1.54) is 5.56 Å². The molecule has 2 nitrogen and oxygen atoms in total. The van der Waals surface area contributed by atoms with E-state index >= 15 is 0 Å². The molecule has 1 unspecified atom stereocenters. The molecule has 2 aromatic rings. The van der Waals surface area contributed by atoms with Crippen LogP contribution in [0.3, 0.4) is 0 Å². The van der Waals surface area contributed by atoms with Gasteiger partial charge in [0.1, 0.15) is 5.54 Å². The third kappa shape index (κ3) is 2.97. The number of aryl methyl sites for hydroxylation is 1. The largest absolute Gasteiger partial charge is 0.315 e. The summed E-state index contributed by atoms with van der Waals surface area (Å²) in [6.45, 7) is 3.91. The predicted octanol–water partition coefficient (Wildman–Crippen LogP) is 3.70. The minimum atomic E-state index is -0.994. The first kappa shape index (κ1) is 14.5. The zero-order valence-corrected chi connectivity index (χ0v) is 12.1. The summed E-state index contributed by atoms with van der Waals surface area (Å²) < 4.78 is 0. The Morgan fingerprint density at radius 1 is 1.10 bits per heavy atom. The van der Waals surface area contributed by atoms with Crippen LogP contribution in [0, 0.1) is 0 Å². The summed E-state index contributed by atoms with van der Waals surface area (Å²) in [6.07, 6.45) is 2.05. The lowest BCUT2D eigenvalue weighted by Crippen LogP contribution is -2.41. The molecule has 0 radical (unpaired) electrons. The van der Waals surface area contributed by atoms with Crippen molar-refractivity contribution in [3.63, 3.8) is 0 Å². The number of hydrogen-bond donors (Lipinski definition) is 1. The molecular formula is C18H21NO. The van der Waals surface area contributed by atoms with Gasteiger partial charge in [0.25, 0.3) is 0 Å². The Kier molecular flexibility index (Phi) is 4.35. The number of nitrogens with two attached hydrogens (primary N) is 1. The van der Waals surface area contributed by atoms with Crippen LogP contribution in [-0.2, 0) is 12.0 Å². The highest BCUT2D eigenvalue weighted by Crippen LogP contribution is 2.23. The molecule has 0 heterocycles. The number of carbonyl (C=O) groups excluding carboxylic acids is 1. The van der Waals surface area contributed by atoms with Crippen LogP contribution >= 0.6 is 0 Å². The van der Waals surface area contributed by atoms with E-state index in [2.05, 4.69) is 13.0 Å². The van der Waals surface area contributed by atoms with Crippen LogP contribution < -0.4 is 5.73 Å². The first-order chi connectivity index (χ1) is 9.55. The van der Waals surface area contributed by atoms with Gasteiger partial charge in [-0.15, -0.1) is 0 Å². The maximum atomic E-state index is 12.7. The molecule has 104 valence electrons. The van der Waals surface area contributed by atoms with E-state index in [0.29, 0.717) is 5.56 Å². The van der Waals surface area contributed by atoms with E-state index in [4.69, 9.17) is 5.73 Å². The highest BCUT2D eigenvalue weighted by atomic mass is 16.1.